The van der Waals surface area contributed by atoms with Gasteiger partial charge in [0.2, 0.25) is 5.75 Å². The molecule has 1 aliphatic rings. The first-order valence-electron chi connectivity index (χ1n) is 8.92. The van der Waals surface area contributed by atoms with Crippen molar-refractivity contribution in [2.45, 2.75) is 25.3 Å². The van der Waals surface area contributed by atoms with Crippen LogP contribution in [0.2, 0.25) is 5.02 Å². The van der Waals surface area contributed by atoms with Gasteiger partial charge < -0.3 is 19.1 Å². The first-order valence-corrected chi connectivity index (χ1v) is 9.30. The van der Waals surface area contributed by atoms with Crippen LogP contribution in [0, 0.1) is 0 Å². The fraction of sp³-hybridized carbons (Fsp3) is 0.381. The molecule has 6 heteroatoms. The smallest absolute Gasteiger partial charge is 0.254 e. The van der Waals surface area contributed by atoms with Crippen LogP contribution in [0.25, 0.3) is 0 Å². The van der Waals surface area contributed by atoms with Crippen molar-refractivity contribution in [2.75, 3.05) is 27.9 Å². The van der Waals surface area contributed by atoms with E-state index in [-0.39, 0.29) is 5.91 Å². The Morgan fingerprint density at radius 2 is 1.74 bits per heavy atom. The maximum Gasteiger partial charge on any atom is 0.254 e. The Hall–Kier alpha value is -2.40. The maximum atomic E-state index is 12.9. The average molecular weight is 390 g/mol. The minimum absolute atomic E-state index is 0.0208. The molecule has 0 N–H and O–H groups in total. The first kappa shape index (κ1) is 19.4. The number of hydrogen-bond acceptors (Lipinski definition) is 4. The van der Waals surface area contributed by atoms with Gasteiger partial charge in [-0.3, -0.25) is 4.79 Å². The van der Waals surface area contributed by atoms with Crippen LogP contribution in [-0.4, -0.2) is 44.7 Å². The van der Waals surface area contributed by atoms with Crippen molar-refractivity contribution < 1.29 is 19.0 Å². The molecule has 0 aromatic heterocycles. The standard InChI is InChI=1S/C21H24ClNO4/c1-25-18-11-14(12-19(26-2)20(18)27-3)9-10-23(17-7-8-17)21(24)15-5-4-6-16(22)13-15/h4-6,11-13,17H,7-10H2,1-3H3. The minimum Gasteiger partial charge on any atom is -0.493 e. The van der Waals surface area contributed by atoms with E-state index >= 15 is 0 Å². The van der Waals surface area contributed by atoms with Crippen molar-refractivity contribution in [1.82, 2.24) is 4.90 Å². The van der Waals surface area contributed by atoms with Gasteiger partial charge in [-0.15, -0.1) is 0 Å². The number of amides is 1. The Balaban J connectivity index is 1.78. The van der Waals surface area contributed by atoms with Crippen LogP contribution in [-0.2, 0) is 6.42 Å². The molecule has 2 aromatic rings. The summed E-state index contributed by atoms with van der Waals surface area (Å²) in [6.45, 7) is 0.620. The fourth-order valence-corrected chi connectivity index (χ4v) is 3.34. The van der Waals surface area contributed by atoms with Gasteiger partial charge in [0.05, 0.1) is 21.3 Å². The molecule has 3 rings (SSSR count). The SMILES string of the molecule is COc1cc(CCN(C(=O)c2cccc(Cl)c2)C2CC2)cc(OC)c1OC. The highest BCUT2D eigenvalue weighted by atomic mass is 35.5. The highest BCUT2D eigenvalue weighted by Crippen LogP contribution is 2.38. The molecule has 27 heavy (non-hydrogen) atoms. The molecule has 2 aromatic carbocycles. The van der Waals surface area contributed by atoms with Crippen molar-refractivity contribution in [3.8, 4) is 17.2 Å². The fourth-order valence-electron chi connectivity index (χ4n) is 3.15. The summed E-state index contributed by atoms with van der Waals surface area (Å²) in [6.07, 6.45) is 2.78. The zero-order valence-corrected chi connectivity index (χ0v) is 16.6. The number of methoxy groups -OCH3 is 3. The van der Waals surface area contributed by atoms with E-state index in [4.69, 9.17) is 25.8 Å². The van der Waals surface area contributed by atoms with E-state index in [9.17, 15) is 4.79 Å². The topological polar surface area (TPSA) is 48.0 Å². The van der Waals surface area contributed by atoms with E-state index in [1.54, 1.807) is 39.5 Å². The van der Waals surface area contributed by atoms with E-state index in [0.29, 0.717) is 46.8 Å². The van der Waals surface area contributed by atoms with Crippen LogP contribution in [0.3, 0.4) is 0 Å². The van der Waals surface area contributed by atoms with Gasteiger partial charge in [0.25, 0.3) is 5.91 Å². The van der Waals surface area contributed by atoms with Crippen LogP contribution < -0.4 is 14.2 Å². The highest BCUT2D eigenvalue weighted by Gasteiger charge is 2.32. The van der Waals surface area contributed by atoms with Gasteiger partial charge in [-0.2, -0.15) is 0 Å². The Labute approximate surface area is 164 Å². The molecule has 1 saturated carbocycles. The van der Waals surface area contributed by atoms with Crippen LogP contribution in [0.1, 0.15) is 28.8 Å². The Morgan fingerprint density at radius 1 is 1.07 bits per heavy atom. The largest absolute Gasteiger partial charge is 0.493 e. The molecule has 0 aliphatic heterocycles. The summed E-state index contributed by atoms with van der Waals surface area (Å²) in [7, 11) is 4.78. The maximum absolute atomic E-state index is 12.9. The normalized spacial score (nSPS) is 13.2. The molecule has 0 bridgehead atoms. The van der Waals surface area contributed by atoms with Gasteiger partial charge in [0, 0.05) is 23.2 Å². The number of nitrogens with zero attached hydrogens (tertiary/aromatic N) is 1. The number of hydrogen-bond donors (Lipinski definition) is 0. The van der Waals surface area contributed by atoms with Gasteiger partial charge in [0.1, 0.15) is 0 Å². The zero-order chi connectivity index (χ0) is 19.4. The monoisotopic (exact) mass is 389 g/mol. The third-order valence-corrected chi connectivity index (χ3v) is 4.92. The first-order chi connectivity index (χ1) is 13.1. The molecule has 0 saturated heterocycles. The molecule has 5 nitrogen and oxygen atoms in total. The lowest BCUT2D eigenvalue weighted by molar-refractivity contribution is 0.0745. The third-order valence-electron chi connectivity index (χ3n) is 4.69. The van der Waals surface area contributed by atoms with E-state index < -0.39 is 0 Å². The number of carbonyl (C=O) groups is 1. The van der Waals surface area contributed by atoms with Gasteiger partial charge in [-0.25, -0.2) is 0 Å². The Bertz CT molecular complexity index is 795. The summed E-state index contributed by atoms with van der Waals surface area (Å²) >= 11 is 6.05. The molecule has 0 spiro atoms. The molecule has 0 unspecified atom stereocenters. The van der Waals surface area contributed by atoms with E-state index in [1.807, 2.05) is 23.1 Å². The summed E-state index contributed by atoms with van der Waals surface area (Å²) in [4.78, 5) is 14.9. The van der Waals surface area contributed by atoms with Crippen LogP contribution >= 0.6 is 11.6 Å². The van der Waals surface area contributed by atoms with Crippen molar-refractivity contribution in [3.63, 3.8) is 0 Å². The molecule has 0 radical (unpaired) electrons. The Kier molecular flexibility index (Phi) is 6.11. The minimum atomic E-state index is 0.0208. The van der Waals surface area contributed by atoms with Crippen LogP contribution in [0.15, 0.2) is 36.4 Å². The number of rotatable bonds is 8. The quantitative estimate of drug-likeness (QED) is 0.678. The van der Waals surface area contributed by atoms with Gasteiger partial charge in [-0.1, -0.05) is 17.7 Å². The molecule has 144 valence electrons. The number of benzene rings is 2. The molecule has 0 heterocycles. The lowest BCUT2D eigenvalue weighted by atomic mass is 10.1. The van der Waals surface area contributed by atoms with E-state index in [0.717, 1.165) is 18.4 Å². The molecular weight excluding hydrogens is 366 g/mol. The number of carbonyl (C=O) groups excluding carboxylic acids is 1. The third kappa shape index (κ3) is 4.48. The predicted molar refractivity (Wildman–Crippen MR) is 105 cm³/mol. The summed E-state index contributed by atoms with van der Waals surface area (Å²) in [5.74, 6) is 1.82. The summed E-state index contributed by atoms with van der Waals surface area (Å²) in [5.41, 5.74) is 1.65. The number of halogens is 1. The van der Waals surface area contributed by atoms with Crippen molar-refractivity contribution >= 4 is 17.5 Å². The van der Waals surface area contributed by atoms with Crippen molar-refractivity contribution in [1.29, 1.82) is 0 Å². The number of ether oxygens (including phenoxy) is 3. The second kappa shape index (κ2) is 8.53. The molecule has 0 atom stereocenters. The van der Waals surface area contributed by atoms with Crippen molar-refractivity contribution in [2.24, 2.45) is 0 Å². The molecule has 1 fully saturated rings. The van der Waals surface area contributed by atoms with Gasteiger partial charge in [-0.05, 0) is 55.2 Å². The van der Waals surface area contributed by atoms with E-state index in [1.165, 1.54) is 0 Å². The summed E-state index contributed by atoms with van der Waals surface area (Å²) in [6, 6.07) is 11.3. The van der Waals surface area contributed by atoms with Crippen LogP contribution in [0.5, 0.6) is 17.2 Å². The predicted octanol–water partition coefficient (Wildman–Crippen LogP) is 4.21. The molecular formula is C21H24ClNO4. The molecule has 1 amide bonds. The Morgan fingerprint density at radius 3 is 2.26 bits per heavy atom. The second-order valence-electron chi connectivity index (χ2n) is 6.52. The van der Waals surface area contributed by atoms with Crippen LogP contribution in [0.4, 0.5) is 0 Å². The summed E-state index contributed by atoms with van der Waals surface area (Å²) in [5, 5.41) is 0.571. The van der Waals surface area contributed by atoms with Gasteiger partial charge in [0.15, 0.2) is 11.5 Å². The van der Waals surface area contributed by atoms with Crippen molar-refractivity contribution in [3.05, 3.63) is 52.5 Å². The average Bonchev–Trinajstić information content (AvgIpc) is 3.52. The second-order valence-corrected chi connectivity index (χ2v) is 6.96. The highest BCUT2D eigenvalue weighted by molar-refractivity contribution is 6.30. The lowest BCUT2D eigenvalue weighted by Crippen LogP contribution is -2.34. The lowest BCUT2D eigenvalue weighted by Gasteiger charge is -2.23. The zero-order valence-electron chi connectivity index (χ0n) is 15.8. The van der Waals surface area contributed by atoms with Gasteiger partial charge >= 0.3 is 0 Å². The van der Waals surface area contributed by atoms with E-state index in [2.05, 4.69) is 0 Å². The molecule has 1 aliphatic carbocycles. The summed E-state index contributed by atoms with van der Waals surface area (Å²) < 4.78 is 16.2.